The van der Waals surface area contributed by atoms with Crippen LogP contribution in [0, 0.1) is 5.82 Å². The Balaban J connectivity index is 1.31. The smallest absolute Gasteiger partial charge is 0.278 e. The maximum atomic E-state index is 13.4. The van der Waals surface area contributed by atoms with Crippen molar-refractivity contribution < 1.29 is 9.18 Å². The summed E-state index contributed by atoms with van der Waals surface area (Å²) in [5.41, 5.74) is 5.36. The number of hydrogen-bond donors (Lipinski definition) is 0. The Labute approximate surface area is 193 Å². The zero-order valence-electron chi connectivity index (χ0n) is 18.7. The average molecular weight is 443 g/mol. The summed E-state index contributed by atoms with van der Waals surface area (Å²) in [4.78, 5) is 24.5. The Morgan fingerprint density at radius 1 is 0.879 bits per heavy atom. The standard InChI is InChI=1S/C27H27FN4O/c1-2-20-7-11-22(12-8-20)29-26-24-5-3-4-6-25(24)32(27(26)33)19-30-15-17-31(18-16-30)23-13-9-21(28)10-14-23/h3-14H,2,15-19H2,1H3. The fourth-order valence-corrected chi connectivity index (χ4v) is 4.44. The van der Waals surface area contributed by atoms with Gasteiger partial charge in [0.15, 0.2) is 0 Å². The molecule has 2 aliphatic heterocycles. The zero-order valence-corrected chi connectivity index (χ0v) is 18.7. The van der Waals surface area contributed by atoms with Crippen LogP contribution in [0.3, 0.4) is 0 Å². The molecule has 0 radical (unpaired) electrons. The molecule has 1 fully saturated rings. The van der Waals surface area contributed by atoms with Gasteiger partial charge in [0.1, 0.15) is 11.5 Å². The van der Waals surface area contributed by atoms with Crippen LogP contribution in [0.2, 0.25) is 0 Å². The first-order valence-electron chi connectivity index (χ1n) is 11.4. The van der Waals surface area contributed by atoms with Gasteiger partial charge in [-0.05, 0) is 54.4 Å². The molecule has 0 bridgehead atoms. The Hall–Kier alpha value is -3.51. The summed E-state index contributed by atoms with van der Waals surface area (Å²) in [7, 11) is 0. The molecule has 168 valence electrons. The number of fused-ring (bicyclic) bond motifs is 1. The van der Waals surface area contributed by atoms with Crippen molar-refractivity contribution in [1.82, 2.24) is 4.90 Å². The van der Waals surface area contributed by atoms with E-state index < -0.39 is 0 Å². The van der Waals surface area contributed by atoms with Crippen LogP contribution < -0.4 is 9.80 Å². The largest absolute Gasteiger partial charge is 0.369 e. The third kappa shape index (κ3) is 4.39. The van der Waals surface area contributed by atoms with Crippen molar-refractivity contribution >= 4 is 28.7 Å². The Bertz CT molecular complexity index is 1170. The highest BCUT2D eigenvalue weighted by molar-refractivity contribution is 6.54. The van der Waals surface area contributed by atoms with Gasteiger partial charge in [-0.25, -0.2) is 9.38 Å². The second-order valence-corrected chi connectivity index (χ2v) is 8.45. The summed E-state index contributed by atoms with van der Waals surface area (Å²) < 4.78 is 13.2. The molecule has 2 heterocycles. The third-order valence-electron chi connectivity index (χ3n) is 6.39. The van der Waals surface area contributed by atoms with Crippen molar-refractivity contribution in [2.45, 2.75) is 13.3 Å². The number of anilines is 2. The molecule has 0 N–H and O–H groups in total. The van der Waals surface area contributed by atoms with E-state index in [-0.39, 0.29) is 11.7 Å². The number of para-hydroxylation sites is 1. The molecule has 0 spiro atoms. The minimum atomic E-state index is -0.220. The van der Waals surface area contributed by atoms with Crippen LogP contribution >= 0.6 is 0 Å². The number of amides is 1. The van der Waals surface area contributed by atoms with Crippen LogP contribution in [0.4, 0.5) is 21.5 Å². The van der Waals surface area contributed by atoms with Gasteiger partial charge < -0.3 is 4.90 Å². The molecule has 5 rings (SSSR count). The SMILES string of the molecule is CCc1ccc(N=C2C(=O)N(CN3CCN(c4ccc(F)cc4)CC3)c3ccccc32)cc1. The molecule has 3 aromatic rings. The Morgan fingerprint density at radius 3 is 2.27 bits per heavy atom. The van der Waals surface area contributed by atoms with Crippen LogP contribution in [0.5, 0.6) is 0 Å². The molecule has 33 heavy (non-hydrogen) atoms. The van der Waals surface area contributed by atoms with Gasteiger partial charge >= 0.3 is 0 Å². The van der Waals surface area contributed by atoms with E-state index in [4.69, 9.17) is 4.99 Å². The van der Waals surface area contributed by atoms with Crippen LogP contribution in [0.25, 0.3) is 0 Å². The summed E-state index contributed by atoms with van der Waals surface area (Å²) in [5, 5.41) is 0. The fraction of sp³-hybridized carbons (Fsp3) is 0.259. The van der Waals surface area contributed by atoms with Crippen molar-refractivity contribution in [3.8, 4) is 0 Å². The lowest BCUT2D eigenvalue weighted by Crippen LogP contribution is -2.51. The van der Waals surface area contributed by atoms with E-state index in [1.165, 1.54) is 17.7 Å². The lowest BCUT2D eigenvalue weighted by Gasteiger charge is -2.37. The van der Waals surface area contributed by atoms with E-state index in [1.54, 1.807) is 0 Å². The van der Waals surface area contributed by atoms with E-state index in [1.807, 2.05) is 53.4 Å². The van der Waals surface area contributed by atoms with Crippen molar-refractivity contribution in [3.05, 3.63) is 89.7 Å². The van der Waals surface area contributed by atoms with Crippen molar-refractivity contribution in [2.75, 3.05) is 42.6 Å². The molecule has 0 unspecified atom stereocenters. The molecule has 0 aromatic heterocycles. The number of benzene rings is 3. The number of aliphatic imine (C=N–C) groups is 1. The first kappa shape index (κ1) is 21.3. The summed E-state index contributed by atoms with van der Waals surface area (Å²) >= 11 is 0. The van der Waals surface area contributed by atoms with E-state index in [9.17, 15) is 9.18 Å². The van der Waals surface area contributed by atoms with Crippen LogP contribution in [-0.4, -0.2) is 49.4 Å². The normalized spacial score (nSPS) is 17.6. The Kier molecular flexibility index (Phi) is 5.92. The number of hydrogen-bond acceptors (Lipinski definition) is 4. The van der Waals surface area contributed by atoms with E-state index >= 15 is 0 Å². The van der Waals surface area contributed by atoms with E-state index in [0.717, 1.165) is 55.2 Å². The van der Waals surface area contributed by atoms with Crippen LogP contribution in [-0.2, 0) is 11.2 Å². The minimum absolute atomic E-state index is 0.0586. The fourth-order valence-electron chi connectivity index (χ4n) is 4.44. The predicted molar refractivity (Wildman–Crippen MR) is 131 cm³/mol. The van der Waals surface area contributed by atoms with Crippen LogP contribution in [0.1, 0.15) is 18.1 Å². The van der Waals surface area contributed by atoms with Gasteiger partial charge in [-0.15, -0.1) is 0 Å². The summed E-state index contributed by atoms with van der Waals surface area (Å²) in [6, 6.07) is 22.6. The second kappa shape index (κ2) is 9.16. The highest BCUT2D eigenvalue weighted by Gasteiger charge is 2.35. The second-order valence-electron chi connectivity index (χ2n) is 8.45. The number of rotatable bonds is 5. The summed E-state index contributed by atoms with van der Waals surface area (Å²) in [6.07, 6.45) is 0.973. The minimum Gasteiger partial charge on any atom is -0.369 e. The van der Waals surface area contributed by atoms with E-state index in [0.29, 0.717) is 12.4 Å². The number of piperazine rings is 1. The molecule has 0 saturated carbocycles. The van der Waals surface area contributed by atoms with Crippen molar-refractivity contribution in [2.24, 2.45) is 4.99 Å². The third-order valence-corrected chi connectivity index (χ3v) is 6.39. The number of halogens is 1. The highest BCUT2D eigenvalue weighted by Crippen LogP contribution is 2.31. The van der Waals surface area contributed by atoms with Gasteiger partial charge in [-0.1, -0.05) is 37.3 Å². The molecular formula is C27H27FN4O. The molecule has 0 atom stereocenters. The Morgan fingerprint density at radius 2 is 1.58 bits per heavy atom. The molecule has 2 aliphatic rings. The van der Waals surface area contributed by atoms with E-state index in [2.05, 4.69) is 28.9 Å². The molecule has 1 amide bonds. The maximum absolute atomic E-state index is 13.4. The molecule has 0 aliphatic carbocycles. The maximum Gasteiger partial charge on any atom is 0.278 e. The molecule has 3 aromatic carbocycles. The molecule has 5 nitrogen and oxygen atoms in total. The molecule has 6 heteroatoms. The summed E-state index contributed by atoms with van der Waals surface area (Å²) in [6.45, 7) is 5.97. The zero-order chi connectivity index (χ0) is 22.8. The number of carbonyl (C=O) groups is 1. The molecule has 1 saturated heterocycles. The van der Waals surface area contributed by atoms with Crippen molar-refractivity contribution in [3.63, 3.8) is 0 Å². The van der Waals surface area contributed by atoms with Crippen LogP contribution in [0.15, 0.2) is 77.8 Å². The monoisotopic (exact) mass is 442 g/mol. The lowest BCUT2D eigenvalue weighted by molar-refractivity contribution is -0.112. The van der Waals surface area contributed by atoms with Gasteiger partial charge in [0, 0.05) is 37.4 Å². The van der Waals surface area contributed by atoms with Gasteiger partial charge in [0.2, 0.25) is 0 Å². The van der Waals surface area contributed by atoms with Gasteiger partial charge in [0.05, 0.1) is 18.0 Å². The quantitative estimate of drug-likeness (QED) is 0.578. The topological polar surface area (TPSA) is 39.2 Å². The van der Waals surface area contributed by atoms with Gasteiger partial charge in [-0.2, -0.15) is 0 Å². The number of nitrogens with zero attached hydrogens (tertiary/aromatic N) is 4. The molecular weight excluding hydrogens is 415 g/mol. The van der Waals surface area contributed by atoms with Crippen molar-refractivity contribution in [1.29, 1.82) is 0 Å². The van der Waals surface area contributed by atoms with Gasteiger partial charge in [0.25, 0.3) is 5.91 Å². The number of carbonyl (C=O) groups excluding carboxylic acids is 1. The van der Waals surface area contributed by atoms with Gasteiger partial charge in [-0.3, -0.25) is 14.6 Å². The average Bonchev–Trinajstić information content (AvgIpc) is 3.11. The first-order chi connectivity index (χ1) is 16.1. The summed E-state index contributed by atoms with van der Waals surface area (Å²) in [5.74, 6) is -0.279. The predicted octanol–water partition coefficient (Wildman–Crippen LogP) is 4.64. The lowest BCUT2D eigenvalue weighted by atomic mass is 10.1. The number of aryl methyl sites for hydroxylation is 1. The first-order valence-corrected chi connectivity index (χ1v) is 11.4. The highest BCUT2D eigenvalue weighted by atomic mass is 19.1.